The molecule has 0 saturated heterocycles. The number of aryl methyl sites for hydroxylation is 1. The van der Waals surface area contributed by atoms with Gasteiger partial charge in [-0.3, -0.25) is 4.98 Å². The van der Waals surface area contributed by atoms with Crippen LogP contribution in [0.5, 0.6) is 5.88 Å². The number of rotatable bonds is 2. The molecule has 0 fully saturated rings. The van der Waals surface area contributed by atoms with Gasteiger partial charge in [0.25, 0.3) is 0 Å². The monoisotopic (exact) mass is 216 g/mol. The fourth-order valence-corrected chi connectivity index (χ4v) is 2.00. The standard InChI is InChI=1S/C13H16N2O/c1-8(2)12-9(3)7-14-10-5-6-11(16-4)15-13(10)12/h5-8H,1-4H3. The van der Waals surface area contributed by atoms with Gasteiger partial charge < -0.3 is 4.74 Å². The van der Waals surface area contributed by atoms with Crippen LogP contribution in [0.4, 0.5) is 0 Å². The zero-order valence-corrected chi connectivity index (χ0v) is 10.1. The van der Waals surface area contributed by atoms with Crippen molar-refractivity contribution in [3.8, 4) is 5.88 Å². The molecule has 2 rings (SSSR count). The van der Waals surface area contributed by atoms with Crippen LogP contribution < -0.4 is 4.74 Å². The maximum Gasteiger partial charge on any atom is 0.213 e. The lowest BCUT2D eigenvalue weighted by Gasteiger charge is -2.12. The number of hydrogen-bond donors (Lipinski definition) is 0. The highest BCUT2D eigenvalue weighted by Gasteiger charge is 2.11. The van der Waals surface area contributed by atoms with Crippen LogP contribution in [0.3, 0.4) is 0 Å². The van der Waals surface area contributed by atoms with Crippen molar-refractivity contribution in [3.63, 3.8) is 0 Å². The summed E-state index contributed by atoms with van der Waals surface area (Å²) in [7, 11) is 1.63. The van der Waals surface area contributed by atoms with Gasteiger partial charge in [0.2, 0.25) is 5.88 Å². The number of aromatic nitrogens is 2. The number of methoxy groups -OCH3 is 1. The lowest BCUT2D eigenvalue weighted by molar-refractivity contribution is 0.399. The Labute approximate surface area is 95.5 Å². The van der Waals surface area contributed by atoms with Gasteiger partial charge in [-0.15, -0.1) is 0 Å². The molecule has 0 atom stereocenters. The summed E-state index contributed by atoms with van der Waals surface area (Å²) in [5.74, 6) is 1.08. The lowest BCUT2D eigenvalue weighted by Crippen LogP contribution is -1.99. The number of pyridine rings is 2. The summed E-state index contributed by atoms with van der Waals surface area (Å²) in [6.07, 6.45) is 1.91. The molecular formula is C13H16N2O. The van der Waals surface area contributed by atoms with Crippen molar-refractivity contribution < 1.29 is 4.74 Å². The van der Waals surface area contributed by atoms with Gasteiger partial charge in [0.05, 0.1) is 18.1 Å². The molecule has 0 amide bonds. The quantitative estimate of drug-likeness (QED) is 0.773. The molecular weight excluding hydrogens is 200 g/mol. The highest BCUT2D eigenvalue weighted by atomic mass is 16.5. The van der Waals surface area contributed by atoms with Gasteiger partial charge in [0.15, 0.2) is 0 Å². The summed E-state index contributed by atoms with van der Waals surface area (Å²) in [6.45, 7) is 6.41. The predicted molar refractivity (Wildman–Crippen MR) is 64.9 cm³/mol. The normalized spacial score (nSPS) is 11.1. The van der Waals surface area contributed by atoms with Crippen molar-refractivity contribution in [3.05, 3.63) is 29.5 Å². The molecule has 2 aromatic rings. The minimum absolute atomic E-state index is 0.435. The average molecular weight is 216 g/mol. The molecule has 0 aliphatic rings. The minimum Gasteiger partial charge on any atom is -0.481 e. The van der Waals surface area contributed by atoms with Crippen LogP contribution in [-0.4, -0.2) is 17.1 Å². The van der Waals surface area contributed by atoms with Crippen molar-refractivity contribution in [2.24, 2.45) is 0 Å². The Balaban J connectivity index is 2.78. The van der Waals surface area contributed by atoms with E-state index in [9.17, 15) is 0 Å². The molecule has 84 valence electrons. The van der Waals surface area contributed by atoms with Crippen LogP contribution in [0, 0.1) is 6.92 Å². The van der Waals surface area contributed by atoms with Crippen LogP contribution in [0.25, 0.3) is 11.0 Å². The second-order valence-electron chi connectivity index (χ2n) is 4.23. The largest absolute Gasteiger partial charge is 0.481 e. The Kier molecular flexibility index (Phi) is 2.77. The first-order valence-corrected chi connectivity index (χ1v) is 5.43. The highest BCUT2D eigenvalue weighted by molar-refractivity contribution is 5.79. The Hall–Kier alpha value is -1.64. The van der Waals surface area contributed by atoms with Crippen LogP contribution in [0.2, 0.25) is 0 Å². The maximum atomic E-state index is 5.16. The van der Waals surface area contributed by atoms with E-state index in [0.717, 1.165) is 11.0 Å². The SMILES string of the molecule is COc1ccc2ncc(C)c(C(C)C)c2n1. The Morgan fingerprint density at radius 2 is 2.00 bits per heavy atom. The lowest BCUT2D eigenvalue weighted by atomic mass is 9.98. The van der Waals surface area contributed by atoms with Gasteiger partial charge in [-0.2, -0.15) is 0 Å². The molecule has 0 bridgehead atoms. The van der Waals surface area contributed by atoms with Crippen LogP contribution in [0.1, 0.15) is 30.9 Å². The molecule has 0 aromatic carbocycles. The molecule has 0 N–H and O–H groups in total. The van der Waals surface area contributed by atoms with Gasteiger partial charge in [0.1, 0.15) is 0 Å². The maximum absolute atomic E-state index is 5.16. The molecule has 0 unspecified atom stereocenters. The van der Waals surface area contributed by atoms with E-state index in [1.807, 2.05) is 18.3 Å². The molecule has 0 spiro atoms. The molecule has 3 nitrogen and oxygen atoms in total. The van der Waals surface area contributed by atoms with Crippen LogP contribution in [-0.2, 0) is 0 Å². The average Bonchev–Trinajstić information content (AvgIpc) is 2.27. The topological polar surface area (TPSA) is 35.0 Å². The second kappa shape index (κ2) is 4.08. The summed E-state index contributed by atoms with van der Waals surface area (Å²) in [6, 6.07) is 3.79. The van der Waals surface area contributed by atoms with Crippen molar-refractivity contribution in [2.45, 2.75) is 26.7 Å². The first kappa shape index (κ1) is 10.9. The molecule has 3 heteroatoms. The molecule has 0 radical (unpaired) electrons. The first-order chi connectivity index (χ1) is 7.63. The van der Waals surface area contributed by atoms with Crippen LogP contribution in [0.15, 0.2) is 18.3 Å². The van der Waals surface area contributed by atoms with E-state index in [1.165, 1.54) is 11.1 Å². The van der Waals surface area contributed by atoms with Crippen molar-refractivity contribution >= 4 is 11.0 Å². The van der Waals surface area contributed by atoms with Crippen molar-refractivity contribution in [1.82, 2.24) is 9.97 Å². The third-order valence-corrected chi connectivity index (χ3v) is 2.71. The van der Waals surface area contributed by atoms with Crippen LogP contribution >= 0.6 is 0 Å². The summed E-state index contributed by atoms with van der Waals surface area (Å²) < 4.78 is 5.16. The molecule has 0 aliphatic carbocycles. The fraction of sp³-hybridized carbons (Fsp3) is 0.385. The summed E-state index contributed by atoms with van der Waals surface area (Å²) in [5.41, 5.74) is 4.32. The minimum atomic E-state index is 0.435. The van der Waals surface area contributed by atoms with E-state index >= 15 is 0 Å². The number of ether oxygens (including phenoxy) is 1. The van der Waals surface area contributed by atoms with Gasteiger partial charge >= 0.3 is 0 Å². The first-order valence-electron chi connectivity index (χ1n) is 5.43. The van der Waals surface area contributed by atoms with Crippen molar-refractivity contribution in [2.75, 3.05) is 7.11 Å². The number of nitrogens with zero attached hydrogens (tertiary/aromatic N) is 2. The van der Waals surface area contributed by atoms with Gasteiger partial charge in [-0.1, -0.05) is 13.8 Å². The van der Waals surface area contributed by atoms with E-state index in [-0.39, 0.29) is 0 Å². The van der Waals surface area contributed by atoms with E-state index in [1.54, 1.807) is 7.11 Å². The van der Waals surface area contributed by atoms with E-state index in [4.69, 9.17) is 4.74 Å². The van der Waals surface area contributed by atoms with Gasteiger partial charge in [-0.25, -0.2) is 4.98 Å². The third kappa shape index (κ3) is 1.73. The predicted octanol–water partition coefficient (Wildman–Crippen LogP) is 3.07. The van der Waals surface area contributed by atoms with Gasteiger partial charge in [0, 0.05) is 12.3 Å². The smallest absolute Gasteiger partial charge is 0.213 e. The number of hydrogen-bond acceptors (Lipinski definition) is 3. The van der Waals surface area contributed by atoms with E-state index < -0.39 is 0 Å². The fourth-order valence-electron chi connectivity index (χ4n) is 2.00. The Morgan fingerprint density at radius 1 is 1.25 bits per heavy atom. The summed E-state index contributed by atoms with van der Waals surface area (Å²) >= 11 is 0. The molecule has 2 aromatic heterocycles. The Morgan fingerprint density at radius 3 is 2.62 bits per heavy atom. The molecule has 0 aliphatic heterocycles. The number of fused-ring (bicyclic) bond motifs is 1. The van der Waals surface area contributed by atoms with Crippen molar-refractivity contribution in [1.29, 1.82) is 0 Å². The third-order valence-electron chi connectivity index (χ3n) is 2.71. The second-order valence-corrected chi connectivity index (χ2v) is 4.23. The molecule has 16 heavy (non-hydrogen) atoms. The highest BCUT2D eigenvalue weighted by Crippen LogP contribution is 2.27. The van der Waals surface area contributed by atoms with Gasteiger partial charge in [-0.05, 0) is 30.0 Å². The zero-order chi connectivity index (χ0) is 11.7. The summed E-state index contributed by atoms with van der Waals surface area (Å²) in [5, 5.41) is 0. The van der Waals surface area contributed by atoms with E-state index in [2.05, 4.69) is 30.7 Å². The molecule has 0 saturated carbocycles. The van der Waals surface area contributed by atoms with E-state index in [0.29, 0.717) is 11.8 Å². The summed E-state index contributed by atoms with van der Waals surface area (Å²) in [4.78, 5) is 8.87. The zero-order valence-electron chi connectivity index (χ0n) is 10.1. The molecule has 2 heterocycles. The Bertz CT molecular complexity index is 521.